The van der Waals surface area contributed by atoms with Gasteiger partial charge in [0, 0.05) is 0 Å². The first-order chi connectivity index (χ1) is 5.61. The molecule has 0 unspecified atom stereocenters. The first-order valence-corrected chi connectivity index (χ1v) is 3.46. The van der Waals surface area contributed by atoms with Crippen molar-refractivity contribution >= 4 is 18.9 Å². The monoisotopic (exact) mass is 190 g/mol. The number of benzene rings is 1. The van der Waals surface area contributed by atoms with Crippen molar-refractivity contribution in [3.8, 4) is 5.75 Å². The highest BCUT2D eigenvalue weighted by Crippen LogP contribution is 2.23. The minimum Gasteiger partial charge on any atom is -0.510 e. The fourth-order valence-corrected chi connectivity index (χ4v) is 0.854. The number of rotatable bonds is 2. The van der Waals surface area contributed by atoms with Crippen LogP contribution in [0.1, 0.15) is 0 Å². The number of hydrogen-bond donors (Lipinski definition) is 2. The van der Waals surface area contributed by atoms with E-state index < -0.39 is 13.1 Å². The molecule has 64 valence electrons. The molecule has 2 N–H and O–H groups in total. The molecule has 0 saturated carbocycles. The molecule has 0 fully saturated rings. The molecule has 0 heterocycles. The Labute approximate surface area is 73.5 Å². The highest BCUT2D eigenvalue weighted by Gasteiger charge is 2.15. The van der Waals surface area contributed by atoms with Crippen molar-refractivity contribution in [3.05, 3.63) is 29.0 Å². The van der Waals surface area contributed by atoms with Gasteiger partial charge < -0.3 is 14.7 Å². The van der Waals surface area contributed by atoms with Crippen molar-refractivity contribution in [1.82, 2.24) is 0 Å². The summed E-state index contributed by atoms with van der Waals surface area (Å²) in [4.78, 5) is 0. The van der Waals surface area contributed by atoms with E-state index in [1.807, 2.05) is 0 Å². The van der Waals surface area contributed by atoms with Crippen LogP contribution in [0.25, 0.3) is 0 Å². The van der Waals surface area contributed by atoms with E-state index in [2.05, 4.69) is 4.65 Å². The highest BCUT2D eigenvalue weighted by atomic mass is 35.5. The van der Waals surface area contributed by atoms with Gasteiger partial charge in [-0.2, -0.15) is 0 Å². The van der Waals surface area contributed by atoms with Crippen molar-refractivity contribution in [2.45, 2.75) is 0 Å². The van der Waals surface area contributed by atoms with Crippen LogP contribution in [0, 0.1) is 5.82 Å². The van der Waals surface area contributed by atoms with E-state index >= 15 is 0 Å². The lowest BCUT2D eigenvalue weighted by Crippen LogP contribution is -2.21. The maximum atomic E-state index is 12.9. The molecule has 3 nitrogen and oxygen atoms in total. The van der Waals surface area contributed by atoms with Gasteiger partial charge in [-0.1, -0.05) is 17.7 Å². The summed E-state index contributed by atoms with van der Waals surface area (Å²) in [5.74, 6) is -1.11. The zero-order chi connectivity index (χ0) is 9.14. The summed E-state index contributed by atoms with van der Waals surface area (Å²) in [6.07, 6.45) is 0. The largest absolute Gasteiger partial charge is 0.707 e. The molecule has 6 heteroatoms. The Kier molecular flexibility index (Phi) is 2.91. The Hall–Kier alpha value is -0.775. The average Bonchev–Trinajstić information content (AvgIpc) is 1.98. The van der Waals surface area contributed by atoms with E-state index in [4.69, 9.17) is 21.6 Å². The van der Waals surface area contributed by atoms with Crippen molar-refractivity contribution < 1.29 is 19.1 Å². The number of hydrogen-bond acceptors (Lipinski definition) is 3. The van der Waals surface area contributed by atoms with Crippen molar-refractivity contribution in [1.29, 1.82) is 0 Å². The van der Waals surface area contributed by atoms with Crippen molar-refractivity contribution in [3.63, 3.8) is 0 Å². The molecule has 0 radical (unpaired) electrons. The van der Waals surface area contributed by atoms with Gasteiger partial charge in [-0.25, -0.2) is 4.39 Å². The molecule has 0 amide bonds. The Morgan fingerprint density at radius 3 is 2.67 bits per heavy atom. The maximum absolute atomic E-state index is 12.9. The third kappa shape index (κ3) is 2.10. The summed E-state index contributed by atoms with van der Waals surface area (Å²) in [5.41, 5.74) is 0. The quantitative estimate of drug-likeness (QED) is 0.679. The summed E-state index contributed by atoms with van der Waals surface area (Å²) < 4.78 is 17.2. The summed E-state index contributed by atoms with van der Waals surface area (Å²) in [6, 6.07) is 4.00. The van der Waals surface area contributed by atoms with Crippen LogP contribution in [0.2, 0.25) is 5.02 Å². The van der Waals surface area contributed by atoms with Crippen LogP contribution in [0.5, 0.6) is 5.75 Å². The summed E-state index contributed by atoms with van der Waals surface area (Å²) in [6.45, 7) is 0. The predicted octanol–water partition coefficient (Wildman–Crippen LogP) is 0.827. The zero-order valence-electron chi connectivity index (χ0n) is 5.87. The van der Waals surface area contributed by atoms with Gasteiger partial charge in [-0.3, -0.25) is 0 Å². The van der Waals surface area contributed by atoms with E-state index in [-0.39, 0.29) is 10.8 Å². The van der Waals surface area contributed by atoms with Crippen LogP contribution >= 0.6 is 11.6 Å². The maximum Gasteiger partial charge on any atom is 0.707 e. The Balaban J connectivity index is 2.92. The Bertz CT molecular complexity index is 281. The second-order valence-electron chi connectivity index (χ2n) is 2.00. The zero-order valence-corrected chi connectivity index (χ0v) is 6.62. The molecule has 0 aliphatic rings. The average molecular weight is 190 g/mol. The van der Waals surface area contributed by atoms with Crippen LogP contribution in [0.15, 0.2) is 18.2 Å². The molecule has 0 spiro atoms. The van der Waals surface area contributed by atoms with Gasteiger partial charge in [0.25, 0.3) is 0 Å². The smallest absolute Gasteiger partial charge is 0.510 e. The summed E-state index contributed by atoms with van der Waals surface area (Å²) in [5, 5.41) is 16.6. The summed E-state index contributed by atoms with van der Waals surface area (Å²) in [7, 11) is -2.04. The second kappa shape index (κ2) is 3.75. The molecule has 12 heavy (non-hydrogen) atoms. The van der Waals surface area contributed by atoms with Crippen molar-refractivity contribution in [2.75, 3.05) is 0 Å². The molecule has 0 bridgehead atoms. The summed E-state index contributed by atoms with van der Waals surface area (Å²) >= 11 is 5.38. The third-order valence-electron chi connectivity index (χ3n) is 1.15. The standard InChI is InChI=1S/C6H5BClFO3/c8-4-2-1-3-5(6(4)9)12-7(10)11/h1-3,10-11H. The van der Waals surface area contributed by atoms with E-state index in [9.17, 15) is 4.39 Å². The lowest BCUT2D eigenvalue weighted by atomic mass is 10.2. The van der Waals surface area contributed by atoms with Crippen LogP contribution in [-0.4, -0.2) is 17.4 Å². The van der Waals surface area contributed by atoms with Gasteiger partial charge in [-0.15, -0.1) is 0 Å². The third-order valence-corrected chi connectivity index (χ3v) is 1.44. The van der Waals surface area contributed by atoms with Gasteiger partial charge in [0.05, 0.1) is 5.02 Å². The predicted molar refractivity (Wildman–Crippen MR) is 42.2 cm³/mol. The first kappa shape index (κ1) is 9.31. The highest BCUT2D eigenvalue weighted by molar-refractivity contribution is 6.34. The minimum atomic E-state index is -2.04. The SMILES string of the molecule is OB(O)Oc1cccc(Cl)c1F. The van der Waals surface area contributed by atoms with Gasteiger partial charge in [0.15, 0.2) is 5.82 Å². The lowest BCUT2D eigenvalue weighted by molar-refractivity contribution is 0.282. The topological polar surface area (TPSA) is 49.7 Å². The molecule has 1 rings (SSSR count). The van der Waals surface area contributed by atoms with Gasteiger partial charge >= 0.3 is 7.32 Å². The van der Waals surface area contributed by atoms with E-state index in [1.54, 1.807) is 0 Å². The van der Waals surface area contributed by atoms with Crippen molar-refractivity contribution in [2.24, 2.45) is 0 Å². The van der Waals surface area contributed by atoms with Crippen LogP contribution < -0.4 is 4.65 Å². The molecule has 0 aliphatic carbocycles. The molecular formula is C6H5BClFO3. The first-order valence-electron chi connectivity index (χ1n) is 3.08. The molecule has 1 aromatic rings. The second-order valence-corrected chi connectivity index (χ2v) is 2.40. The van der Waals surface area contributed by atoms with Crippen LogP contribution in [0.4, 0.5) is 4.39 Å². The number of halogens is 2. The molecule has 0 aromatic heterocycles. The van der Waals surface area contributed by atoms with Crippen LogP contribution in [-0.2, 0) is 0 Å². The lowest BCUT2D eigenvalue weighted by Gasteiger charge is -2.05. The molecular weight excluding hydrogens is 185 g/mol. The van der Waals surface area contributed by atoms with E-state index in [1.165, 1.54) is 18.2 Å². The van der Waals surface area contributed by atoms with Gasteiger partial charge in [0.2, 0.25) is 0 Å². The molecule has 0 atom stereocenters. The Morgan fingerprint density at radius 2 is 2.08 bits per heavy atom. The molecule has 0 aliphatic heterocycles. The van der Waals surface area contributed by atoms with Gasteiger partial charge in [-0.05, 0) is 12.1 Å². The minimum absolute atomic E-state index is 0.131. The van der Waals surface area contributed by atoms with E-state index in [0.29, 0.717) is 0 Å². The normalized spacial score (nSPS) is 9.67. The van der Waals surface area contributed by atoms with Crippen LogP contribution in [0.3, 0.4) is 0 Å². The fraction of sp³-hybridized carbons (Fsp3) is 0. The Morgan fingerprint density at radius 1 is 1.42 bits per heavy atom. The fourth-order valence-electron chi connectivity index (χ4n) is 0.689. The van der Waals surface area contributed by atoms with Gasteiger partial charge in [0.1, 0.15) is 5.75 Å². The van der Waals surface area contributed by atoms with E-state index in [0.717, 1.165) is 0 Å². The molecule has 0 saturated heterocycles. The molecule has 1 aromatic carbocycles.